The Morgan fingerprint density at radius 3 is 2.54 bits per heavy atom. The molecule has 1 aliphatic heterocycles. The Bertz CT molecular complexity index is 1200. The Kier molecular flexibility index (Phi) is 8.18. The van der Waals surface area contributed by atoms with E-state index in [1.165, 1.54) is 0 Å². The van der Waals surface area contributed by atoms with Gasteiger partial charge in [-0.1, -0.05) is 19.6 Å². The summed E-state index contributed by atoms with van der Waals surface area (Å²) >= 11 is 0. The number of ether oxygens (including phenoxy) is 2. The zero-order valence-corrected chi connectivity index (χ0v) is 24.0. The minimum Gasteiger partial charge on any atom is -0.444 e. The van der Waals surface area contributed by atoms with Crippen LogP contribution in [0.1, 0.15) is 27.2 Å². The van der Waals surface area contributed by atoms with Crippen LogP contribution in [0.25, 0.3) is 22.2 Å². The predicted molar refractivity (Wildman–Crippen MR) is 150 cm³/mol. The number of carbonyl (C=O) groups excluding carboxylic acids is 1. The molecule has 1 amide bonds. The average molecular weight is 525 g/mol. The van der Waals surface area contributed by atoms with E-state index in [1.807, 2.05) is 44.3 Å². The number of hydrogen-bond donors (Lipinski definition) is 0. The minimum atomic E-state index is -1.17. The molecule has 3 aromatic heterocycles. The first-order chi connectivity index (χ1) is 17.5. The van der Waals surface area contributed by atoms with Crippen LogP contribution in [-0.4, -0.2) is 77.0 Å². The second-order valence-electron chi connectivity index (χ2n) is 11.8. The van der Waals surface area contributed by atoms with Gasteiger partial charge in [-0.2, -0.15) is 0 Å². The third kappa shape index (κ3) is 7.07. The topological polar surface area (TPSA) is 85.6 Å². The van der Waals surface area contributed by atoms with Gasteiger partial charge < -0.3 is 23.8 Å². The zero-order valence-electron chi connectivity index (χ0n) is 23.0. The van der Waals surface area contributed by atoms with Crippen LogP contribution in [0.2, 0.25) is 25.7 Å². The molecule has 0 saturated carbocycles. The second-order valence-corrected chi connectivity index (χ2v) is 17.4. The molecule has 200 valence electrons. The van der Waals surface area contributed by atoms with E-state index < -0.39 is 13.7 Å². The molecule has 0 atom stereocenters. The molecule has 1 saturated heterocycles. The van der Waals surface area contributed by atoms with Crippen molar-refractivity contribution in [3.8, 4) is 11.1 Å². The molecule has 0 spiro atoms. The van der Waals surface area contributed by atoms with Crippen molar-refractivity contribution in [3.05, 3.63) is 37.2 Å². The molecule has 4 heterocycles. The van der Waals surface area contributed by atoms with Crippen molar-refractivity contribution < 1.29 is 14.3 Å². The summed E-state index contributed by atoms with van der Waals surface area (Å²) in [5.74, 6) is 0. The summed E-state index contributed by atoms with van der Waals surface area (Å²) in [5, 5.41) is 1.05. The maximum Gasteiger partial charge on any atom is 0.410 e. The van der Waals surface area contributed by atoms with Crippen molar-refractivity contribution in [2.45, 2.75) is 65.2 Å². The number of nitrogens with zero attached hydrogens (tertiary/aromatic N) is 6. The molecule has 1 aliphatic rings. The van der Waals surface area contributed by atoms with Crippen molar-refractivity contribution in [1.82, 2.24) is 24.4 Å². The molecule has 4 rings (SSSR count). The molecule has 0 aliphatic carbocycles. The molecule has 0 N–H and O–H groups in total. The molecule has 0 unspecified atom stereocenters. The highest BCUT2D eigenvalue weighted by Crippen LogP contribution is 2.36. The van der Waals surface area contributed by atoms with Gasteiger partial charge in [0.2, 0.25) is 0 Å². The Hall–Kier alpha value is -2.98. The minimum absolute atomic E-state index is 0.252. The molecule has 1 fully saturated rings. The summed E-state index contributed by atoms with van der Waals surface area (Å²) in [6.07, 6.45) is 9.77. The molecule has 9 nitrogen and oxygen atoms in total. The van der Waals surface area contributed by atoms with Gasteiger partial charge in [-0.3, -0.25) is 0 Å². The highest BCUT2D eigenvalue weighted by Gasteiger charge is 2.26. The first kappa shape index (κ1) is 27.1. The Labute approximate surface area is 220 Å². The monoisotopic (exact) mass is 524 g/mol. The average Bonchev–Trinajstić information content (AvgIpc) is 3.02. The van der Waals surface area contributed by atoms with E-state index in [1.54, 1.807) is 6.33 Å². The lowest BCUT2D eigenvalue weighted by atomic mass is 10.1. The summed E-state index contributed by atoms with van der Waals surface area (Å²) in [5.41, 5.74) is 3.43. The van der Waals surface area contributed by atoms with Crippen LogP contribution in [0.15, 0.2) is 37.2 Å². The van der Waals surface area contributed by atoms with Gasteiger partial charge in [0.05, 0.1) is 5.39 Å². The van der Waals surface area contributed by atoms with E-state index in [2.05, 4.69) is 51.3 Å². The third-order valence-corrected chi connectivity index (χ3v) is 8.03. The van der Waals surface area contributed by atoms with Crippen molar-refractivity contribution in [2.75, 3.05) is 37.7 Å². The molecule has 0 radical (unpaired) electrons. The van der Waals surface area contributed by atoms with Gasteiger partial charge in [-0.05, 0) is 39.3 Å². The van der Waals surface area contributed by atoms with E-state index in [4.69, 9.17) is 14.5 Å². The summed E-state index contributed by atoms with van der Waals surface area (Å²) in [6, 6.07) is 3.18. The van der Waals surface area contributed by atoms with Gasteiger partial charge in [0, 0.05) is 82.5 Å². The van der Waals surface area contributed by atoms with Crippen molar-refractivity contribution >= 4 is 30.9 Å². The number of hydrogen-bond acceptors (Lipinski definition) is 7. The number of pyridine rings is 1. The lowest BCUT2D eigenvalue weighted by Crippen LogP contribution is -2.39. The van der Waals surface area contributed by atoms with E-state index in [0.717, 1.165) is 53.5 Å². The molecule has 10 heteroatoms. The van der Waals surface area contributed by atoms with E-state index in [-0.39, 0.29) is 6.09 Å². The lowest BCUT2D eigenvalue weighted by molar-refractivity contribution is 0.0263. The maximum atomic E-state index is 12.7. The van der Waals surface area contributed by atoms with Gasteiger partial charge in [0.1, 0.15) is 24.3 Å². The van der Waals surface area contributed by atoms with Crippen LogP contribution in [0.5, 0.6) is 0 Å². The molecular weight excluding hydrogens is 484 g/mol. The van der Waals surface area contributed by atoms with Gasteiger partial charge in [0.15, 0.2) is 0 Å². The summed E-state index contributed by atoms with van der Waals surface area (Å²) in [4.78, 5) is 30.1. The standard InChI is InChI=1S/C27H40N6O3Si/c1-27(2,3)36-26(34)32-11-7-10-31(12-13-32)23-8-9-30-25-24(23)22(21-16-28-19-29-17-21)18-33(25)20-35-14-15-37(4,5)6/h8-9,16-19H,7,10-15,20H2,1-6H3. The SMILES string of the molecule is CC(C)(C)OC(=O)N1CCCN(c2ccnc3c2c(-c2cncnc2)cn3COCC[Si](C)(C)C)CC1. The number of rotatable bonds is 7. The predicted octanol–water partition coefficient (Wildman–Crippen LogP) is 5.25. The zero-order chi connectivity index (χ0) is 26.6. The number of carbonyl (C=O) groups is 1. The van der Waals surface area contributed by atoms with E-state index >= 15 is 0 Å². The van der Waals surface area contributed by atoms with Gasteiger partial charge in [-0.15, -0.1) is 0 Å². The fourth-order valence-electron chi connectivity index (χ4n) is 4.43. The maximum absolute atomic E-state index is 12.7. The van der Waals surface area contributed by atoms with Crippen LogP contribution in [-0.2, 0) is 16.2 Å². The molecule has 3 aromatic rings. The normalized spacial score (nSPS) is 15.2. The van der Waals surface area contributed by atoms with Crippen molar-refractivity contribution in [1.29, 1.82) is 0 Å². The van der Waals surface area contributed by atoms with E-state index in [9.17, 15) is 4.79 Å². The third-order valence-electron chi connectivity index (χ3n) is 6.32. The summed E-state index contributed by atoms with van der Waals surface area (Å²) in [6.45, 7) is 16.8. The number of anilines is 1. The Morgan fingerprint density at radius 1 is 1.08 bits per heavy atom. The number of amides is 1. The van der Waals surface area contributed by atoms with Crippen LogP contribution >= 0.6 is 0 Å². The smallest absolute Gasteiger partial charge is 0.410 e. The van der Waals surface area contributed by atoms with Gasteiger partial charge >= 0.3 is 6.09 Å². The second kappa shape index (κ2) is 11.2. The van der Waals surface area contributed by atoms with Crippen LogP contribution < -0.4 is 4.90 Å². The summed E-state index contributed by atoms with van der Waals surface area (Å²) < 4.78 is 13.8. The number of fused-ring (bicyclic) bond motifs is 1. The Balaban J connectivity index is 1.63. The summed E-state index contributed by atoms with van der Waals surface area (Å²) in [7, 11) is -1.17. The van der Waals surface area contributed by atoms with E-state index in [0.29, 0.717) is 26.4 Å². The molecule has 0 aromatic carbocycles. The fraction of sp³-hybridized carbons (Fsp3) is 0.556. The Morgan fingerprint density at radius 2 is 1.84 bits per heavy atom. The highest BCUT2D eigenvalue weighted by atomic mass is 28.3. The first-order valence-electron chi connectivity index (χ1n) is 13.1. The van der Waals surface area contributed by atoms with Gasteiger partial charge in [-0.25, -0.2) is 19.7 Å². The number of aromatic nitrogens is 4. The molecule has 0 bridgehead atoms. The first-order valence-corrected chi connectivity index (χ1v) is 16.8. The van der Waals surface area contributed by atoms with Crippen molar-refractivity contribution in [2.24, 2.45) is 0 Å². The lowest BCUT2D eigenvalue weighted by Gasteiger charge is -2.27. The molecule has 37 heavy (non-hydrogen) atoms. The van der Waals surface area contributed by atoms with Crippen molar-refractivity contribution in [3.63, 3.8) is 0 Å². The van der Waals surface area contributed by atoms with Crippen LogP contribution in [0.4, 0.5) is 10.5 Å². The quantitative estimate of drug-likeness (QED) is 0.308. The molecular formula is C27H40N6O3Si. The largest absolute Gasteiger partial charge is 0.444 e. The fourth-order valence-corrected chi connectivity index (χ4v) is 5.18. The van der Waals surface area contributed by atoms with Crippen LogP contribution in [0.3, 0.4) is 0 Å². The van der Waals surface area contributed by atoms with Crippen LogP contribution in [0, 0.1) is 0 Å². The van der Waals surface area contributed by atoms with Gasteiger partial charge in [0.25, 0.3) is 0 Å². The highest BCUT2D eigenvalue weighted by molar-refractivity contribution is 6.76.